The van der Waals surface area contributed by atoms with Crippen molar-refractivity contribution in [2.45, 2.75) is 19.4 Å². The summed E-state index contributed by atoms with van der Waals surface area (Å²) in [6, 6.07) is 0. The van der Waals surface area contributed by atoms with Crippen molar-refractivity contribution in [2.24, 2.45) is 5.41 Å². The molecule has 88 valence electrons. The molecule has 2 aromatic rings. The van der Waals surface area contributed by atoms with E-state index in [1.54, 1.807) is 6.33 Å². The Bertz CT molecular complexity index is 649. The van der Waals surface area contributed by atoms with E-state index in [2.05, 4.69) is 21.5 Å². The second kappa shape index (κ2) is 3.19. The molecule has 2 heterocycles. The van der Waals surface area contributed by atoms with E-state index in [-0.39, 0.29) is 16.9 Å². The van der Waals surface area contributed by atoms with Crippen LogP contribution in [0.1, 0.15) is 12.8 Å². The first-order valence-electron chi connectivity index (χ1n) is 5.48. The van der Waals surface area contributed by atoms with Crippen LogP contribution in [0.4, 0.5) is 5.95 Å². The molecule has 6 heteroatoms. The molecule has 2 aromatic heterocycles. The molecular weight excluding hydrogens is 218 g/mol. The van der Waals surface area contributed by atoms with E-state index < -0.39 is 0 Å². The van der Waals surface area contributed by atoms with E-state index in [0.717, 1.165) is 19.4 Å². The molecule has 3 rings (SSSR count). The highest BCUT2D eigenvalue weighted by Gasteiger charge is 2.40. The van der Waals surface area contributed by atoms with Gasteiger partial charge in [0, 0.05) is 12.0 Å². The Morgan fingerprint density at radius 2 is 2.41 bits per heavy atom. The third-order valence-corrected chi connectivity index (χ3v) is 3.30. The Hall–Kier alpha value is -2.11. The summed E-state index contributed by atoms with van der Waals surface area (Å²) in [6.07, 6.45) is 5.84. The first kappa shape index (κ1) is 10.1. The molecule has 0 spiro atoms. The maximum absolute atomic E-state index is 11.6. The summed E-state index contributed by atoms with van der Waals surface area (Å²) in [5.74, 6) is 0.118. The molecule has 0 unspecified atom stereocenters. The summed E-state index contributed by atoms with van der Waals surface area (Å²) < 4.78 is 1.87. The zero-order valence-electron chi connectivity index (χ0n) is 9.31. The number of nitrogen functional groups attached to an aromatic ring is 1. The van der Waals surface area contributed by atoms with Gasteiger partial charge in [0.1, 0.15) is 0 Å². The van der Waals surface area contributed by atoms with Crippen molar-refractivity contribution in [1.29, 1.82) is 0 Å². The number of allylic oxidation sites excluding steroid dienone is 1. The van der Waals surface area contributed by atoms with Crippen LogP contribution in [0.5, 0.6) is 0 Å². The topological polar surface area (TPSA) is 89.6 Å². The predicted octanol–water partition coefficient (Wildman–Crippen LogP) is 0.668. The Morgan fingerprint density at radius 1 is 1.65 bits per heavy atom. The molecule has 1 fully saturated rings. The van der Waals surface area contributed by atoms with Gasteiger partial charge in [-0.05, 0) is 12.8 Å². The SMILES string of the molecule is C=CC1(Cn2cnc3c(=O)[nH]c(N)nc32)CC1. The Kier molecular flexibility index (Phi) is 1.89. The fourth-order valence-corrected chi connectivity index (χ4v) is 2.01. The van der Waals surface area contributed by atoms with Gasteiger partial charge in [-0.1, -0.05) is 6.08 Å². The number of hydrogen-bond donors (Lipinski definition) is 2. The predicted molar refractivity (Wildman–Crippen MR) is 64.4 cm³/mol. The zero-order chi connectivity index (χ0) is 12.0. The van der Waals surface area contributed by atoms with Crippen LogP contribution in [0.2, 0.25) is 0 Å². The molecule has 17 heavy (non-hydrogen) atoms. The molecule has 6 nitrogen and oxygen atoms in total. The summed E-state index contributed by atoms with van der Waals surface area (Å²) in [4.78, 5) is 22.2. The van der Waals surface area contributed by atoms with E-state index in [9.17, 15) is 4.79 Å². The second-order valence-corrected chi connectivity index (χ2v) is 4.56. The van der Waals surface area contributed by atoms with Crippen molar-refractivity contribution in [3.05, 3.63) is 29.3 Å². The van der Waals surface area contributed by atoms with Crippen molar-refractivity contribution < 1.29 is 0 Å². The number of hydrogen-bond acceptors (Lipinski definition) is 4. The molecule has 0 aromatic carbocycles. The van der Waals surface area contributed by atoms with Gasteiger partial charge in [0.15, 0.2) is 11.2 Å². The van der Waals surface area contributed by atoms with E-state index in [1.165, 1.54) is 0 Å². The van der Waals surface area contributed by atoms with Crippen LogP contribution in [0.15, 0.2) is 23.8 Å². The third kappa shape index (κ3) is 1.52. The molecule has 1 aliphatic rings. The highest BCUT2D eigenvalue weighted by atomic mass is 16.1. The van der Waals surface area contributed by atoms with Crippen LogP contribution in [0.25, 0.3) is 11.2 Å². The van der Waals surface area contributed by atoms with Crippen molar-refractivity contribution in [2.75, 3.05) is 5.73 Å². The maximum atomic E-state index is 11.6. The lowest BCUT2D eigenvalue weighted by Crippen LogP contribution is -2.14. The van der Waals surface area contributed by atoms with Gasteiger partial charge in [-0.25, -0.2) is 4.98 Å². The average molecular weight is 231 g/mol. The molecule has 1 aliphatic carbocycles. The van der Waals surface area contributed by atoms with Gasteiger partial charge in [-0.2, -0.15) is 4.98 Å². The first-order valence-corrected chi connectivity index (χ1v) is 5.48. The molecule has 3 N–H and O–H groups in total. The fraction of sp³-hybridized carbons (Fsp3) is 0.364. The first-order chi connectivity index (χ1) is 8.13. The number of nitrogens with one attached hydrogen (secondary N) is 1. The number of fused-ring (bicyclic) bond motifs is 1. The van der Waals surface area contributed by atoms with Gasteiger partial charge in [0.05, 0.1) is 6.33 Å². The summed E-state index contributed by atoms with van der Waals surface area (Å²) >= 11 is 0. The zero-order valence-corrected chi connectivity index (χ0v) is 9.31. The van der Waals surface area contributed by atoms with Gasteiger partial charge < -0.3 is 10.3 Å². The smallest absolute Gasteiger partial charge is 0.280 e. The molecule has 0 bridgehead atoms. The van der Waals surface area contributed by atoms with Crippen LogP contribution < -0.4 is 11.3 Å². The van der Waals surface area contributed by atoms with Gasteiger partial charge >= 0.3 is 0 Å². The van der Waals surface area contributed by atoms with Gasteiger partial charge in [-0.3, -0.25) is 9.78 Å². The fourth-order valence-electron chi connectivity index (χ4n) is 2.01. The van der Waals surface area contributed by atoms with Gasteiger partial charge in [-0.15, -0.1) is 6.58 Å². The molecule has 0 radical (unpaired) electrons. The number of H-pyrrole nitrogens is 1. The minimum atomic E-state index is -0.297. The summed E-state index contributed by atoms with van der Waals surface area (Å²) in [6.45, 7) is 4.60. The highest BCUT2D eigenvalue weighted by Crippen LogP contribution is 2.48. The quantitative estimate of drug-likeness (QED) is 0.760. The number of imidazole rings is 1. The monoisotopic (exact) mass is 231 g/mol. The molecular formula is C11H13N5O. The maximum Gasteiger partial charge on any atom is 0.280 e. The Balaban J connectivity index is 2.11. The Labute approximate surface area is 97.2 Å². The lowest BCUT2D eigenvalue weighted by Gasteiger charge is -2.10. The number of aromatic amines is 1. The minimum Gasteiger partial charge on any atom is -0.369 e. The van der Waals surface area contributed by atoms with Gasteiger partial charge in [0.2, 0.25) is 5.95 Å². The van der Waals surface area contributed by atoms with Crippen molar-refractivity contribution in [3.8, 4) is 0 Å². The molecule has 0 aliphatic heterocycles. The number of nitrogens with zero attached hydrogens (tertiary/aromatic N) is 3. The van der Waals surface area contributed by atoms with E-state index in [0.29, 0.717) is 11.2 Å². The lowest BCUT2D eigenvalue weighted by atomic mass is 10.1. The number of anilines is 1. The van der Waals surface area contributed by atoms with E-state index >= 15 is 0 Å². The van der Waals surface area contributed by atoms with Crippen LogP contribution >= 0.6 is 0 Å². The van der Waals surface area contributed by atoms with Crippen molar-refractivity contribution in [1.82, 2.24) is 19.5 Å². The number of rotatable bonds is 3. The number of aromatic nitrogens is 4. The second-order valence-electron chi connectivity index (χ2n) is 4.56. The molecule has 0 saturated heterocycles. The lowest BCUT2D eigenvalue weighted by molar-refractivity contribution is 0.525. The van der Waals surface area contributed by atoms with E-state index in [1.807, 2.05) is 10.6 Å². The third-order valence-electron chi connectivity index (χ3n) is 3.30. The highest BCUT2D eigenvalue weighted by molar-refractivity contribution is 5.70. The van der Waals surface area contributed by atoms with Crippen LogP contribution in [0.3, 0.4) is 0 Å². The summed E-state index contributed by atoms with van der Waals surface area (Å²) in [5, 5.41) is 0. The standard InChI is InChI=1S/C11H13N5O/c1-2-11(3-4-11)5-16-6-13-7-8(16)14-10(12)15-9(7)17/h2,6H,1,3-5H2,(H3,12,14,15,17). The van der Waals surface area contributed by atoms with Crippen molar-refractivity contribution >= 4 is 17.1 Å². The molecule has 0 amide bonds. The van der Waals surface area contributed by atoms with Gasteiger partial charge in [0.25, 0.3) is 5.56 Å². The number of nitrogens with two attached hydrogens (primary N) is 1. The Morgan fingerprint density at radius 3 is 3.06 bits per heavy atom. The summed E-state index contributed by atoms with van der Waals surface area (Å²) in [7, 11) is 0. The molecule has 1 saturated carbocycles. The summed E-state index contributed by atoms with van der Waals surface area (Å²) in [5.41, 5.74) is 6.26. The molecule has 0 atom stereocenters. The minimum absolute atomic E-state index is 0.118. The van der Waals surface area contributed by atoms with Crippen LogP contribution in [-0.4, -0.2) is 19.5 Å². The largest absolute Gasteiger partial charge is 0.369 e. The average Bonchev–Trinajstić information content (AvgIpc) is 2.95. The van der Waals surface area contributed by atoms with Crippen LogP contribution in [-0.2, 0) is 6.54 Å². The van der Waals surface area contributed by atoms with Crippen LogP contribution in [0, 0.1) is 5.41 Å². The van der Waals surface area contributed by atoms with E-state index in [4.69, 9.17) is 5.73 Å². The normalized spacial score (nSPS) is 17.2. The van der Waals surface area contributed by atoms with Crippen molar-refractivity contribution in [3.63, 3.8) is 0 Å².